The molecule has 2 fully saturated rings. The summed E-state index contributed by atoms with van der Waals surface area (Å²) < 4.78 is 11.2. The minimum atomic E-state index is 0.278. The molecule has 1 unspecified atom stereocenters. The number of nitrogens with zero attached hydrogens (tertiary/aromatic N) is 2. The minimum Gasteiger partial charge on any atom is -0.377 e. The van der Waals surface area contributed by atoms with Crippen LogP contribution >= 0.6 is 0 Å². The molecule has 2 heterocycles. The van der Waals surface area contributed by atoms with Gasteiger partial charge in [-0.15, -0.1) is 0 Å². The highest BCUT2D eigenvalue weighted by Gasteiger charge is 2.18. The molecule has 0 aromatic carbocycles. The molecule has 24 heavy (non-hydrogen) atoms. The predicted molar refractivity (Wildman–Crippen MR) is 94.2 cm³/mol. The largest absolute Gasteiger partial charge is 0.377 e. The predicted octanol–water partition coefficient (Wildman–Crippen LogP) is 0.750. The minimum absolute atomic E-state index is 0.278. The Morgan fingerprint density at radius 1 is 1.42 bits per heavy atom. The third-order valence-corrected chi connectivity index (χ3v) is 4.24. The first-order chi connectivity index (χ1) is 11.8. The van der Waals surface area contributed by atoms with Gasteiger partial charge in [0.05, 0.1) is 19.3 Å². The van der Waals surface area contributed by atoms with Crippen LogP contribution in [0.4, 0.5) is 0 Å². The Labute approximate surface area is 145 Å². The lowest BCUT2D eigenvalue weighted by Crippen LogP contribution is -2.39. The van der Waals surface area contributed by atoms with Gasteiger partial charge in [-0.3, -0.25) is 9.79 Å². The van der Waals surface area contributed by atoms with Gasteiger partial charge in [0.2, 0.25) is 5.91 Å². The number of carbonyl (C=O) groups excluding carboxylic acids is 1. The Morgan fingerprint density at radius 2 is 2.33 bits per heavy atom. The lowest BCUT2D eigenvalue weighted by Gasteiger charge is -2.15. The fraction of sp³-hybridized carbons (Fsp3) is 0.882. The Balaban J connectivity index is 1.54. The third-order valence-electron chi connectivity index (χ3n) is 4.24. The lowest BCUT2D eigenvalue weighted by molar-refractivity contribution is -0.127. The average Bonchev–Trinajstić information content (AvgIpc) is 3.23. The standard InChI is InChI=1S/C17H32N4O3/c1-2-18-17(19-8-5-11-21-10-3-7-16(21)22)20-9-13-23-14-15-6-4-12-24-15/h15H,2-14H2,1H3,(H2,18,19,20). The SMILES string of the molecule is CCNC(=NCCCN1CCCC1=O)NCCOCC1CCCO1. The van der Waals surface area contributed by atoms with Gasteiger partial charge < -0.3 is 25.0 Å². The van der Waals surface area contributed by atoms with Gasteiger partial charge in [-0.25, -0.2) is 0 Å². The van der Waals surface area contributed by atoms with Gasteiger partial charge in [0.25, 0.3) is 0 Å². The molecule has 0 spiro atoms. The first-order valence-corrected chi connectivity index (χ1v) is 9.29. The van der Waals surface area contributed by atoms with Crippen molar-refractivity contribution in [2.24, 2.45) is 4.99 Å². The number of amides is 1. The van der Waals surface area contributed by atoms with Gasteiger partial charge in [-0.2, -0.15) is 0 Å². The zero-order valence-electron chi connectivity index (χ0n) is 14.9. The van der Waals surface area contributed by atoms with Gasteiger partial charge in [-0.05, 0) is 32.6 Å². The fourth-order valence-electron chi connectivity index (χ4n) is 2.97. The number of guanidine groups is 1. The maximum atomic E-state index is 11.5. The van der Waals surface area contributed by atoms with Crippen LogP contribution in [-0.2, 0) is 14.3 Å². The van der Waals surface area contributed by atoms with E-state index in [4.69, 9.17) is 9.47 Å². The number of rotatable bonds is 10. The second-order valence-corrected chi connectivity index (χ2v) is 6.24. The van der Waals surface area contributed by atoms with E-state index in [0.717, 1.165) is 71.0 Å². The summed E-state index contributed by atoms with van der Waals surface area (Å²) in [5, 5.41) is 6.51. The Morgan fingerprint density at radius 3 is 3.04 bits per heavy atom. The Hall–Kier alpha value is -1.34. The molecule has 0 aromatic rings. The van der Waals surface area contributed by atoms with Crippen molar-refractivity contribution in [3.63, 3.8) is 0 Å². The summed E-state index contributed by atoms with van der Waals surface area (Å²) in [6.45, 7) is 8.23. The van der Waals surface area contributed by atoms with E-state index in [0.29, 0.717) is 19.6 Å². The van der Waals surface area contributed by atoms with Gasteiger partial charge in [0.15, 0.2) is 5.96 Å². The molecule has 2 rings (SSSR count). The summed E-state index contributed by atoms with van der Waals surface area (Å²) in [7, 11) is 0. The molecular weight excluding hydrogens is 308 g/mol. The zero-order chi connectivity index (χ0) is 17.0. The molecule has 0 aromatic heterocycles. The van der Waals surface area contributed by atoms with Crippen molar-refractivity contribution in [3.05, 3.63) is 0 Å². The summed E-state index contributed by atoms with van der Waals surface area (Å²) in [4.78, 5) is 18.0. The van der Waals surface area contributed by atoms with Gasteiger partial charge >= 0.3 is 0 Å². The molecule has 7 heteroatoms. The molecule has 2 saturated heterocycles. The van der Waals surface area contributed by atoms with E-state index >= 15 is 0 Å². The fourth-order valence-corrected chi connectivity index (χ4v) is 2.97. The maximum absolute atomic E-state index is 11.5. The number of ether oxygens (including phenoxy) is 2. The van der Waals surface area contributed by atoms with Crippen molar-refractivity contribution in [1.29, 1.82) is 0 Å². The van der Waals surface area contributed by atoms with Crippen LogP contribution < -0.4 is 10.6 Å². The van der Waals surface area contributed by atoms with Crippen LogP contribution in [0.3, 0.4) is 0 Å². The number of likely N-dealkylation sites (tertiary alicyclic amines) is 1. The lowest BCUT2D eigenvalue weighted by atomic mass is 10.2. The van der Waals surface area contributed by atoms with Crippen LogP contribution in [0.1, 0.15) is 39.0 Å². The molecule has 0 bridgehead atoms. The molecule has 7 nitrogen and oxygen atoms in total. The highest BCUT2D eigenvalue weighted by Crippen LogP contribution is 2.11. The number of carbonyl (C=O) groups is 1. The zero-order valence-corrected chi connectivity index (χ0v) is 14.9. The molecule has 0 radical (unpaired) electrons. The molecule has 2 aliphatic heterocycles. The van der Waals surface area contributed by atoms with Crippen LogP contribution in [0.25, 0.3) is 0 Å². The molecule has 1 atom stereocenters. The molecule has 138 valence electrons. The average molecular weight is 340 g/mol. The van der Waals surface area contributed by atoms with Crippen molar-refractivity contribution in [2.45, 2.75) is 45.1 Å². The van der Waals surface area contributed by atoms with E-state index in [1.807, 2.05) is 11.8 Å². The van der Waals surface area contributed by atoms with Gasteiger partial charge in [-0.1, -0.05) is 0 Å². The summed E-state index contributed by atoms with van der Waals surface area (Å²) in [6.07, 6.45) is 5.14. The second-order valence-electron chi connectivity index (χ2n) is 6.24. The molecular formula is C17H32N4O3. The van der Waals surface area contributed by atoms with Gasteiger partial charge in [0, 0.05) is 45.8 Å². The van der Waals surface area contributed by atoms with E-state index < -0.39 is 0 Å². The first kappa shape index (κ1) is 19.0. The van der Waals surface area contributed by atoms with Gasteiger partial charge in [0.1, 0.15) is 0 Å². The molecule has 0 aliphatic carbocycles. The Kier molecular flexibility index (Phi) is 8.91. The number of aliphatic imine (C=N–C) groups is 1. The molecule has 1 amide bonds. The van der Waals surface area contributed by atoms with Crippen molar-refractivity contribution in [2.75, 3.05) is 52.5 Å². The van der Waals surface area contributed by atoms with E-state index in [1.54, 1.807) is 0 Å². The summed E-state index contributed by atoms with van der Waals surface area (Å²) in [5.74, 6) is 1.10. The smallest absolute Gasteiger partial charge is 0.222 e. The van der Waals surface area contributed by atoms with Crippen LogP contribution in [-0.4, -0.2) is 75.4 Å². The number of hydrogen-bond acceptors (Lipinski definition) is 4. The van der Waals surface area contributed by atoms with Crippen LogP contribution in [0.15, 0.2) is 4.99 Å². The molecule has 0 saturated carbocycles. The van der Waals surface area contributed by atoms with Crippen molar-refractivity contribution < 1.29 is 14.3 Å². The maximum Gasteiger partial charge on any atom is 0.222 e. The normalized spacial score (nSPS) is 21.5. The van der Waals surface area contributed by atoms with E-state index in [-0.39, 0.29) is 12.0 Å². The summed E-state index contributed by atoms with van der Waals surface area (Å²) in [6, 6.07) is 0. The second kappa shape index (κ2) is 11.3. The van der Waals surface area contributed by atoms with Crippen molar-refractivity contribution in [3.8, 4) is 0 Å². The summed E-state index contributed by atoms with van der Waals surface area (Å²) >= 11 is 0. The molecule has 2 N–H and O–H groups in total. The van der Waals surface area contributed by atoms with Crippen LogP contribution in [0.2, 0.25) is 0 Å². The van der Waals surface area contributed by atoms with Crippen LogP contribution in [0, 0.1) is 0 Å². The first-order valence-electron chi connectivity index (χ1n) is 9.29. The topological polar surface area (TPSA) is 75.2 Å². The van der Waals surface area contributed by atoms with E-state index in [9.17, 15) is 4.79 Å². The quantitative estimate of drug-likeness (QED) is 0.349. The third kappa shape index (κ3) is 7.05. The number of hydrogen-bond donors (Lipinski definition) is 2. The monoisotopic (exact) mass is 340 g/mol. The van der Waals surface area contributed by atoms with E-state index in [2.05, 4.69) is 15.6 Å². The summed E-state index contributed by atoms with van der Waals surface area (Å²) in [5.41, 5.74) is 0. The Bertz CT molecular complexity index is 397. The van der Waals surface area contributed by atoms with E-state index in [1.165, 1.54) is 0 Å². The highest BCUT2D eigenvalue weighted by molar-refractivity contribution is 5.79. The van der Waals surface area contributed by atoms with Crippen molar-refractivity contribution in [1.82, 2.24) is 15.5 Å². The number of nitrogens with one attached hydrogen (secondary N) is 2. The highest BCUT2D eigenvalue weighted by atomic mass is 16.5. The van der Waals surface area contributed by atoms with Crippen LogP contribution in [0.5, 0.6) is 0 Å². The van der Waals surface area contributed by atoms with Crippen molar-refractivity contribution >= 4 is 11.9 Å². The molecule has 2 aliphatic rings.